The van der Waals surface area contributed by atoms with Gasteiger partial charge in [0.15, 0.2) is 11.6 Å². The molecule has 0 saturated carbocycles. The first-order valence-electron chi connectivity index (χ1n) is 7.40. The van der Waals surface area contributed by atoms with Crippen molar-refractivity contribution in [3.63, 3.8) is 0 Å². The lowest BCUT2D eigenvalue weighted by atomic mass is 10.1. The van der Waals surface area contributed by atoms with E-state index in [1.54, 1.807) is 10.7 Å². The second-order valence-corrected chi connectivity index (χ2v) is 6.31. The lowest BCUT2D eigenvalue weighted by molar-refractivity contribution is 0.386. The smallest absolute Gasteiger partial charge is 0.214 e. The third-order valence-corrected chi connectivity index (χ3v) is 4.67. The third kappa shape index (κ3) is 3.26. The summed E-state index contributed by atoms with van der Waals surface area (Å²) in [6.07, 6.45) is 0. The topological polar surface area (TPSA) is 52.8 Å². The van der Waals surface area contributed by atoms with Crippen molar-refractivity contribution in [1.29, 1.82) is 0 Å². The molecule has 3 rings (SSSR count). The fourth-order valence-electron chi connectivity index (χ4n) is 2.50. The van der Waals surface area contributed by atoms with Crippen molar-refractivity contribution in [3.8, 4) is 11.4 Å². The molecule has 0 radical (unpaired) electrons. The van der Waals surface area contributed by atoms with E-state index in [9.17, 15) is 4.39 Å². The van der Waals surface area contributed by atoms with Gasteiger partial charge in [-0.25, -0.2) is 4.39 Å². The molecule has 0 N–H and O–H groups in total. The van der Waals surface area contributed by atoms with Gasteiger partial charge in [0.25, 0.3) is 0 Å². The number of aromatic nitrogens is 4. The first kappa shape index (κ1) is 16.4. The van der Waals surface area contributed by atoms with Gasteiger partial charge in [0.1, 0.15) is 0 Å². The largest absolute Gasteiger partial charge is 0.494 e. The third-order valence-electron chi connectivity index (χ3n) is 3.68. The Labute approximate surface area is 143 Å². The second kappa shape index (κ2) is 7.00. The van der Waals surface area contributed by atoms with Crippen LogP contribution >= 0.6 is 11.8 Å². The molecule has 0 aliphatic carbocycles. The molecule has 0 spiro atoms. The van der Waals surface area contributed by atoms with Gasteiger partial charge in [0.05, 0.1) is 12.8 Å². The van der Waals surface area contributed by atoms with Crippen molar-refractivity contribution in [1.82, 2.24) is 20.2 Å². The number of ether oxygens (including phenoxy) is 1. The normalized spacial score (nSPS) is 10.8. The molecule has 7 heteroatoms. The monoisotopic (exact) mass is 344 g/mol. The van der Waals surface area contributed by atoms with Crippen molar-refractivity contribution in [3.05, 3.63) is 58.9 Å². The number of thioether (sulfide) groups is 1. The Morgan fingerprint density at radius 1 is 1.17 bits per heavy atom. The highest BCUT2D eigenvalue weighted by molar-refractivity contribution is 7.98. The first-order valence-corrected chi connectivity index (χ1v) is 8.39. The van der Waals surface area contributed by atoms with Crippen LogP contribution in [0, 0.1) is 19.7 Å². The number of para-hydroxylation sites is 1. The van der Waals surface area contributed by atoms with Gasteiger partial charge >= 0.3 is 0 Å². The molecule has 0 aliphatic heterocycles. The van der Waals surface area contributed by atoms with Crippen molar-refractivity contribution in [2.24, 2.45) is 0 Å². The molecule has 0 saturated heterocycles. The molecule has 24 heavy (non-hydrogen) atoms. The second-order valence-electron chi connectivity index (χ2n) is 5.37. The van der Waals surface area contributed by atoms with E-state index in [1.807, 2.05) is 38.1 Å². The highest BCUT2D eigenvalue weighted by atomic mass is 32.2. The molecule has 0 unspecified atom stereocenters. The number of benzene rings is 2. The molecule has 0 bridgehead atoms. The molecule has 3 aromatic rings. The predicted octanol–water partition coefficient (Wildman–Crippen LogP) is 3.72. The Morgan fingerprint density at radius 2 is 1.92 bits per heavy atom. The lowest BCUT2D eigenvalue weighted by Crippen LogP contribution is -2.04. The zero-order valence-corrected chi connectivity index (χ0v) is 14.5. The van der Waals surface area contributed by atoms with E-state index < -0.39 is 0 Å². The van der Waals surface area contributed by atoms with Gasteiger partial charge in [-0.2, -0.15) is 4.68 Å². The zero-order valence-electron chi connectivity index (χ0n) is 13.7. The van der Waals surface area contributed by atoms with E-state index in [4.69, 9.17) is 4.74 Å². The molecule has 1 aromatic heterocycles. The summed E-state index contributed by atoms with van der Waals surface area (Å²) < 4.78 is 20.5. The van der Waals surface area contributed by atoms with Gasteiger partial charge in [-0.1, -0.05) is 36.0 Å². The Bertz CT molecular complexity index is 845. The summed E-state index contributed by atoms with van der Waals surface area (Å²) in [6.45, 7) is 4.05. The average molecular weight is 344 g/mol. The van der Waals surface area contributed by atoms with Crippen LogP contribution in [0.5, 0.6) is 5.75 Å². The number of halogens is 1. The van der Waals surface area contributed by atoms with Crippen LogP contribution in [-0.2, 0) is 5.75 Å². The van der Waals surface area contributed by atoms with Crippen LogP contribution in [0.15, 0.2) is 41.6 Å². The Morgan fingerprint density at radius 3 is 2.58 bits per heavy atom. The maximum Gasteiger partial charge on any atom is 0.214 e. The van der Waals surface area contributed by atoms with Crippen LogP contribution in [0.25, 0.3) is 5.69 Å². The maximum atomic E-state index is 13.8. The standard InChI is InChI=1S/C17H17FN4OS/c1-11-5-4-6-12(2)16(11)22-17(19-20-21-22)24-10-13-7-8-15(23-3)14(18)9-13/h4-9H,10H2,1-3H3. The van der Waals surface area contributed by atoms with Gasteiger partial charge in [-0.15, -0.1) is 5.10 Å². The van der Waals surface area contributed by atoms with Crippen LogP contribution in [0.2, 0.25) is 0 Å². The number of aryl methyl sites for hydroxylation is 2. The van der Waals surface area contributed by atoms with E-state index >= 15 is 0 Å². The lowest BCUT2D eigenvalue weighted by Gasteiger charge is -2.10. The molecule has 1 heterocycles. The number of nitrogens with zero attached hydrogens (tertiary/aromatic N) is 4. The minimum atomic E-state index is -0.370. The zero-order chi connectivity index (χ0) is 17.1. The molecule has 2 aromatic carbocycles. The molecular formula is C17H17FN4OS. The minimum absolute atomic E-state index is 0.240. The Hall–Kier alpha value is -2.41. The number of rotatable bonds is 5. The molecule has 0 aliphatic rings. The quantitative estimate of drug-likeness (QED) is 0.660. The van der Waals surface area contributed by atoms with Gasteiger partial charge < -0.3 is 4.74 Å². The summed E-state index contributed by atoms with van der Waals surface area (Å²) in [4.78, 5) is 0. The molecule has 0 fully saturated rings. The van der Waals surface area contributed by atoms with Crippen molar-refractivity contribution in [2.75, 3.05) is 7.11 Å². The van der Waals surface area contributed by atoms with E-state index in [2.05, 4.69) is 15.5 Å². The summed E-state index contributed by atoms with van der Waals surface area (Å²) in [6, 6.07) is 11.0. The van der Waals surface area contributed by atoms with Gasteiger partial charge in [-0.3, -0.25) is 0 Å². The Balaban J connectivity index is 1.83. The highest BCUT2D eigenvalue weighted by Gasteiger charge is 2.13. The fraction of sp³-hybridized carbons (Fsp3) is 0.235. The van der Waals surface area contributed by atoms with Crippen LogP contribution < -0.4 is 4.74 Å². The van der Waals surface area contributed by atoms with Gasteiger partial charge in [0.2, 0.25) is 5.16 Å². The highest BCUT2D eigenvalue weighted by Crippen LogP contribution is 2.27. The molecule has 0 amide bonds. The van der Waals surface area contributed by atoms with Gasteiger partial charge in [0, 0.05) is 5.75 Å². The summed E-state index contributed by atoms with van der Waals surface area (Å²) in [5.74, 6) is 0.431. The summed E-state index contributed by atoms with van der Waals surface area (Å²) in [5.41, 5.74) is 4.01. The van der Waals surface area contributed by atoms with Crippen LogP contribution in [0.3, 0.4) is 0 Å². The average Bonchev–Trinajstić information content (AvgIpc) is 3.01. The number of hydrogen-bond donors (Lipinski definition) is 0. The minimum Gasteiger partial charge on any atom is -0.494 e. The summed E-state index contributed by atoms with van der Waals surface area (Å²) >= 11 is 1.46. The van der Waals surface area contributed by atoms with Crippen molar-refractivity contribution in [2.45, 2.75) is 24.8 Å². The molecule has 0 atom stereocenters. The van der Waals surface area contributed by atoms with Crippen molar-refractivity contribution >= 4 is 11.8 Å². The molecular weight excluding hydrogens is 327 g/mol. The summed E-state index contributed by atoms with van der Waals surface area (Å²) in [7, 11) is 1.45. The maximum absolute atomic E-state index is 13.8. The van der Waals surface area contributed by atoms with E-state index in [1.165, 1.54) is 24.9 Å². The van der Waals surface area contributed by atoms with E-state index in [0.29, 0.717) is 10.9 Å². The Kier molecular flexibility index (Phi) is 4.80. The van der Waals surface area contributed by atoms with Crippen LogP contribution in [0.1, 0.15) is 16.7 Å². The number of hydrogen-bond acceptors (Lipinski definition) is 5. The molecule has 5 nitrogen and oxygen atoms in total. The first-order chi connectivity index (χ1) is 11.6. The van der Waals surface area contributed by atoms with E-state index in [0.717, 1.165) is 22.4 Å². The molecule has 124 valence electrons. The van der Waals surface area contributed by atoms with Crippen LogP contribution in [0.4, 0.5) is 4.39 Å². The fourth-order valence-corrected chi connectivity index (χ4v) is 3.32. The van der Waals surface area contributed by atoms with Crippen LogP contribution in [-0.4, -0.2) is 27.3 Å². The predicted molar refractivity (Wildman–Crippen MR) is 91.1 cm³/mol. The van der Waals surface area contributed by atoms with E-state index in [-0.39, 0.29) is 11.6 Å². The van der Waals surface area contributed by atoms with Crippen molar-refractivity contribution < 1.29 is 9.13 Å². The van der Waals surface area contributed by atoms with Gasteiger partial charge in [-0.05, 0) is 53.1 Å². The SMILES string of the molecule is COc1ccc(CSc2nnnn2-c2c(C)cccc2C)cc1F. The summed E-state index contributed by atoms with van der Waals surface area (Å²) in [5, 5.41) is 12.7. The number of methoxy groups -OCH3 is 1. The number of tetrazole rings is 1.